The van der Waals surface area contributed by atoms with E-state index in [0.29, 0.717) is 12.0 Å². The Morgan fingerprint density at radius 3 is 2.30 bits per heavy atom. The van der Waals surface area contributed by atoms with Gasteiger partial charge in [-0.2, -0.15) is 5.10 Å². The van der Waals surface area contributed by atoms with E-state index in [-0.39, 0.29) is 0 Å². The maximum absolute atomic E-state index is 5.98. The highest BCUT2D eigenvalue weighted by atomic mass is 35.5. The first-order valence-corrected chi connectivity index (χ1v) is 10.7. The van der Waals surface area contributed by atoms with Crippen LogP contribution in [0.2, 0.25) is 5.02 Å². The molecule has 0 unspecified atom stereocenters. The third kappa shape index (κ3) is 4.45. The summed E-state index contributed by atoms with van der Waals surface area (Å²) in [6.45, 7) is 10.4. The van der Waals surface area contributed by atoms with Crippen molar-refractivity contribution in [1.82, 2.24) is 24.1 Å². The molecule has 1 saturated carbocycles. The van der Waals surface area contributed by atoms with Crippen LogP contribution in [0.15, 0.2) is 24.3 Å². The molecule has 7 heteroatoms. The first kappa shape index (κ1) is 19.1. The number of benzene rings is 1. The molecule has 1 aliphatic heterocycles. The summed E-state index contributed by atoms with van der Waals surface area (Å²) in [5, 5.41) is 5.67. The Morgan fingerprint density at radius 1 is 1.07 bits per heavy atom. The van der Waals surface area contributed by atoms with Gasteiger partial charge in [0.1, 0.15) is 5.82 Å². The maximum atomic E-state index is 5.98. The molecule has 1 aliphatic carbocycles. The number of nitrogens with zero attached hydrogens (tertiary/aromatic N) is 5. The zero-order valence-electron chi connectivity index (χ0n) is 16.1. The van der Waals surface area contributed by atoms with Gasteiger partial charge in [0.05, 0.1) is 6.67 Å². The van der Waals surface area contributed by atoms with Gasteiger partial charge in [-0.3, -0.25) is 9.80 Å². The van der Waals surface area contributed by atoms with Crippen LogP contribution in [0.5, 0.6) is 0 Å². The number of halogens is 1. The molecule has 0 amide bonds. The number of aromatic nitrogens is 3. The average molecular weight is 406 g/mol. The van der Waals surface area contributed by atoms with Gasteiger partial charge >= 0.3 is 0 Å². The zero-order chi connectivity index (χ0) is 19.0. The van der Waals surface area contributed by atoms with E-state index in [0.717, 1.165) is 55.0 Å². The molecule has 1 saturated heterocycles. The highest BCUT2D eigenvalue weighted by Crippen LogP contribution is 2.37. The van der Waals surface area contributed by atoms with Crippen molar-refractivity contribution in [3.8, 4) is 0 Å². The van der Waals surface area contributed by atoms with Gasteiger partial charge in [0, 0.05) is 49.7 Å². The minimum Gasteiger partial charge on any atom is -0.301 e. The van der Waals surface area contributed by atoms with Crippen LogP contribution >= 0.6 is 23.8 Å². The summed E-state index contributed by atoms with van der Waals surface area (Å²) in [4.78, 5) is 4.96. The van der Waals surface area contributed by atoms with Crippen molar-refractivity contribution in [2.75, 3.05) is 26.2 Å². The highest BCUT2D eigenvalue weighted by Gasteiger charge is 2.29. The van der Waals surface area contributed by atoms with Crippen LogP contribution < -0.4 is 0 Å². The Bertz CT molecular complexity index is 829. The first-order chi connectivity index (χ1) is 13.0. The molecule has 1 aromatic heterocycles. The lowest BCUT2D eigenvalue weighted by molar-refractivity contribution is 0.0979. The molecule has 0 spiro atoms. The Labute approximate surface area is 171 Å². The Kier molecular flexibility index (Phi) is 5.69. The monoisotopic (exact) mass is 405 g/mol. The van der Waals surface area contributed by atoms with Gasteiger partial charge in [0.15, 0.2) is 4.77 Å². The first-order valence-electron chi connectivity index (χ1n) is 9.89. The quantitative estimate of drug-likeness (QED) is 0.670. The van der Waals surface area contributed by atoms with Crippen molar-refractivity contribution in [3.63, 3.8) is 0 Å². The van der Waals surface area contributed by atoms with Crippen molar-refractivity contribution >= 4 is 23.8 Å². The molecule has 4 rings (SSSR count). The second-order valence-corrected chi connectivity index (χ2v) is 8.86. The molecule has 2 heterocycles. The third-order valence-corrected chi connectivity index (χ3v) is 6.10. The van der Waals surface area contributed by atoms with Gasteiger partial charge in [-0.05, 0) is 42.8 Å². The van der Waals surface area contributed by atoms with Crippen molar-refractivity contribution in [3.05, 3.63) is 45.4 Å². The maximum Gasteiger partial charge on any atom is 0.199 e. The van der Waals surface area contributed by atoms with Crippen molar-refractivity contribution in [1.29, 1.82) is 0 Å². The molecule has 0 N–H and O–H groups in total. The molecule has 2 aliphatic rings. The second kappa shape index (κ2) is 8.03. The van der Waals surface area contributed by atoms with Gasteiger partial charge in [0.2, 0.25) is 0 Å². The van der Waals surface area contributed by atoms with E-state index < -0.39 is 0 Å². The third-order valence-electron chi connectivity index (χ3n) is 5.44. The van der Waals surface area contributed by atoms with E-state index in [1.54, 1.807) is 0 Å². The van der Waals surface area contributed by atoms with Gasteiger partial charge in [-0.15, -0.1) is 0 Å². The summed E-state index contributed by atoms with van der Waals surface area (Å²) < 4.78 is 5.24. The lowest BCUT2D eigenvalue weighted by Gasteiger charge is -2.34. The van der Waals surface area contributed by atoms with Crippen molar-refractivity contribution < 1.29 is 0 Å². The fraction of sp³-hybridized carbons (Fsp3) is 0.600. The number of hydrogen-bond donors (Lipinski definition) is 0. The fourth-order valence-electron chi connectivity index (χ4n) is 3.73. The molecule has 2 aromatic rings. The molecular formula is C20H28ClN5S. The number of piperazine rings is 1. The summed E-state index contributed by atoms with van der Waals surface area (Å²) >= 11 is 11.7. The van der Waals surface area contributed by atoms with Crippen LogP contribution in [0.25, 0.3) is 0 Å². The van der Waals surface area contributed by atoms with E-state index in [2.05, 4.69) is 40.3 Å². The zero-order valence-corrected chi connectivity index (χ0v) is 17.7. The van der Waals surface area contributed by atoms with Crippen LogP contribution in [-0.4, -0.2) is 50.3 Å². The minimum atomic E-state index is 0.407. The topological polar surface area (TPSA) is 29.2 Å². The molecule has 1 aromatic carbocycles. The largest absolute Gasteiger partial charge is 0.301 e. The smallest absolute Gasteiger partial charge is 0.199 e. The summed E-state index contributed by atoms with van der Waals surface area (Å²) in [6.07, 6.45) is 2.48. The molecule has 0 bridgehead atoms. The van der Waals surface area contributed by atoms with E-state index in [1.165, 1.54) is 18.4 Å². The van der Waals surface area contributed by atoms with Gasteiger partial charge in [-0.25, -0.2) is 4.68 Å². The molecule has 5 nitrogen and oxygen atoms in total. The highest BCUT2D eigenvalue weighted by molar-refractivity contribution is 7.71. The minimum absolute atomic E-state index is 0.407. The number of hydrogen-bond acceptors (Lipinski definition) is 4. The molecule has 27 heavy (non-hydrogen) atoms. The normalized spacial score (nSPS) is 19.1. The average Bonchev–Trinajstić information content (AvgIpc) is 3.43. The van der Waals surface area contributed by atoms with Crippen LogP contribution in [0.4, 0.5) is 0 Å². The van der Waals surface area contributed by atoms with E-state index >= 15 is 0 Å². The van der Waals surface area contributed by atoms with Crippen LogP contribution in [0.3, 0.4) is 0 Å². The van der Waals surface area contributed by atoms with Gasteiger partial charge < -0.3 is 4.57 Å². The fourth-order valence-corrected chi connectivity index (χ4v) is 4.19. The molecule has 146 valence electrons. The Hall–Kier alpha value is -1.21. The van der Waals surface area contributed by atoms with Gasteiger partial charge in [0.25, 0.3) is 0 Å². The van der Waals surface area contributed by atoms with E-state index in [1.807, 2.05) is 16.8 Å². The second-order valence-electron chi connectivity index (χ2n) is 8.06. The van der Waals surface area contributed by atoms with Crippen LogP contribution in [0.1, 0.15) is 50.0 Å². The Morgan fingerprint density at radius 2 is 1.70 bits per heavy atom. The van der Waals surface area contributed by atoms with Crippen molar-refractivity contribution in [2.45, 2.75) is 51.9 Å². The molecule has 0 atom stereocenters. The number of rotatable bonds is 6. The predicted molar refractivity (Wildman–Crippen MR) is 112 cm³/mol. The molecule has 0 radical (unpaired) electrons. The predicted octanol–water partition coefficient (Wildman–Crippen LogP) is 4.30. The molecule has 2 fully saturated rings. The summed E-state index contributed by atoms with van der Waals surface area (Å²) in [6, 6.07) is 8.76. The van der Waals surface area contributed by atoms with Crippen LogP contribution in [0, 0.1) is 4.77 Å². The van der Waals surface area contributed by atoms with Gasteiger partial charge in [-0.1, -0.05) is 37.6 Å². The molecular weight excluding hydrogens is 378 g/mol. The summed E-state index contributed by atoms with van der Waals surface area (Å²) in [5.74, 6) is 1.55. The SMILES string of the molecule is CC(C)c1nn(CN2CCN(Cc3ccc(Cl)cc3)CC2)c(=S)n1C1CC1. The van der Waals surface area contributed by atoms with Crippen molar-refractivity contribution in [2.24, 2.45) is 0 Å². The summed E-state index contributed by atoms with van der Waals surface area (Å²) in [7, 11) is 0. The van der Waals surface area contributed by atoms with Crippen LogP contribution in [-0.2, 0) is 13.2 Å². The van der Waals surface area contributed by atoms with E-state index in [4.69, 9.17) is 28.9 Å². The lowest BCUT2D eigenvalue weighted by Crippen LogP contribution is -2.46. The standard InChI is InChI=1S/C20H28ClN5S/c1-15(2)19-22-25(20(27)26(19)18-7-8-18)14-24-11-9-23(10-12-24)13-16-3-5-17(21)6-4-16/h3-6,15,18H,7-14H2,1-2H3. The lowest BCUT2D eigenvalue weighted by atomic mass is 10.2. The van der Waals surface area contributed by atoms with E-state index in [9.17, 15) is 0 Å². The Balaban J connectivity index is 1.36. The summed E-state index contributed by atoms with van der Waals surface area (Å²) in [5.41, 5.74) is 1.32.